The minimum atomic E-state index is -1.38. The number of hydrogen-bond donors (Lipinski definition) is 2. The van der Waals surface area contributed by atoms with Crippen LogP contribution in [-0.4, -0.2) is 27.0 Å². The summed E-state index contributed by atoms with van der Waals surface area (Å²) < 4.78 is -1.38. The third-order valence-corrected chi connectivity index (χ3v) is 4.31. The number of rotatable bonds is 2. The summed E-state index contributed by atoms with van der Waals surface area (Å²) in [6.07, 6.45) is -0.317. The number of alkyl halides is 3. The molecule has 1 amide bonds. The van der Waals surface area contributed by atoms with Gasteiger partial charge in [0.2, 0.25) is 5.91 Å². The van der Waals surface area contributed by atoms with Crippen LogP contribution < -0.4 is 5.32 Å². The number of halogens is 3. The van der Waals surface area contributed by atoms with Crippen LogP contribution in [0.4, 0.5) is 0 Å². The van der Waals surface area contributed by atoms with Crippen LogP contribution in [0.5, 0.6) is 0 Å². The molecule has 94 valence electrons. The minimum absolute atomic E-state index is 0.165. The number of carbonyl (C=O) groups is 1. The zero-order valence-corrected chi connectivity index (χ0v) is 11.7. The van der Waals surface area contributed by atoms with E-state index in [1.54, 1.807) is 20.8 Å². The van der Waals surface area contributed by atoms with Crippen molar-refractivity contribution >= 4 is 40.7 Å². The van der Waals surface area contributed by atoms with Gasteiger partial charge in [-0.1, -0.05) is 41.7 Å². The Balaban J connectivity index is 2.69. The molecular weight excluding hydrogens is 272 g/mol. The lowest BCUT2D eigenvalue weighted by atomic mass is 9.84. The van der Waals surface area contributed by atoms with Crippen molar-refractivity contribution in [1.29, 1.82) is 0 Å². The first-order valence-electron chi connectivity index (χ1n) is 5.12. The van der Waals surface area contributed by atoms with E-state index in [4.69, 9.17) is 34.8 Å². The summed E-state index contributed by atoms with van der Waals surface area (Å²) in [7, 11) is 0. The van der Waals surface area contributed by atoms with Gasteiger partial charge in [-0.05, 0) is 20.3 Å². The fourth-order valence-electron chi connectivity index (χ4n) is 1.77. The van der Waals surface area contributed by atoms with E-state index in [1.165, 1.54) is 0 Å². The Kier molecular flexibility index (Phi) is 4.06. The fraction of sp³-hybridized carbons (Fsp3) is 0.900. The molecule has 1 heterocycles. The first-order chi connectivity index (χ1) is 7.06. The summed E-state index contributed by atoms with van der Waals surface area (Å²) in [5, 5.41) is 12.7. The lowest BCUT2D eigenvalue weighted by Gasteiger charge is -2.26. The molecule has 3 unspecified atom stereocenters. The van der Waals surface area contributed by atoms with Crippen molar-refractivity contribution in [2.24, 2.45) is 11.3 Å². The maximum absolute atomic E-state index is 11.6. The molecule has 16 heavy (non-hydrogen) atoms. The lowest BCUT2D eigenvalue weighted by Crippen LogP contribution is -2.37. The molecule has 0 aromatic rings. The van der Waals surface area contributed by atoms with Crippen LogP contribution >= 0.6 is 34.8 Å². The van der Waals surface area contributed by atoms with Crippen LogP contribution in [0.15, 0.2) is 0 Å². The first kappa shape index (κ1) is 14.4. The highest BCUT2D eigenvalue weighted by Gasteiger charge is 2.49. The Morgan fingerprint density at radius 3 is 2.31 bits per heavy atom. The van der Waals surface area contributed by atoms with E-state index < -0.39 is 15.3 Å². The highest BCUT2D eigenvalue weighted by atomic mass is 35.6. The highest BCUT2D eigenvalue weighted by Crippen LogP contribution is 2.40. The molecule has 1 fully saturated rings. The summed E-state index contributed by atoms with van der Waals surface area (Å²) in [5.41, 5.74) is -0.780. The number of nitrogens with one attached hydrogen (secondary N) is 1. The molecule has 2 N–H and O–H groups in total. The van der Waals surface area contributed by atoms with Crippen molar-refractivity contribution in [2.75, 3.05) is 0 Å². The summed E-state index contributed by atoms with van der Waals surface area (Å²) >= 11 is 17.3. The van der Waals surface area contributed by atoms with E-state index in [9.17, 15) is 9.90 Å². The van der Waals surface area contributed by atoms with Crippen molar-refractivity contribution in [3.63, 3.8) is 0 Å². The standard InChI is InChI=1S/C10H16Cl3NO2/c1-5(10(11,12)13)4-6-7(15)9(2,3)8(16)14-6/h5-7,15H,4H2,1-3H3,(H,14,16). The number of aliphatic hydroxyl groups is 1. The Labute approximate surface area is 110 Å². The zero-order valence-electron chi connectivity index (χ0n) is 9.43. The summed E-state index contributed by atoms with van der Waals surface area (Å²) in [4.78, 5) is 11.6. The van der Waals surface area contributed by atoms with Gasteiger partial charge < -0.3 is 10.4 Å². The van der Waals surface area contributed by atoms with Crippen molar-refractivity contribution in [3.8, 4) is 0 Å². The third-order valence-electron chi connectivity index (χ3n) is 3.19. The second-order valence-corrected chi connectivity index (χ2v) is 7.29. The van der Waals surface area contributed by atoms with Gasteiger partial charge in [-0.25, -0.2) is 0 Å². The molecule has 0 saturated carbocycles. The van der Waals surface area contributed by atoms with E-state index >= 15 is 0 Å². The Hall–Kier alpha value is 0.300. The van der Waals surface area contributed by atoms with Crippen LogP contribution in [0.3, 0.4) is 0 Å². The normalized spacial score (nSPS) is 31.3. The van der Waals surface area contributed by atoms with Crippen molar-refractivity contribution in [3.05, 3.63) is 0 Å². The quantitative estimate of drug-likeness (QED) is 0.766. The molecule has 0 aliphatic carbocycles. The molecule has 0 aromatic carbocycles. The van der Waals surface area contributed by atoms with Gasteiger partial charge >= 0.3 is 0 Å². The molecule has 1 aliphatic rings. The largest absolute Gasteiger partial charge is 0.390 e. The predicted octanol–water partition coefficient (Wildman–Crippen LogP) is 2.27. The molecule has 1 rings (SSSR count). The Bertz CT molecular complexity index is 288. The molecular formula is C10H16Cl3NO2. The third kappa shape index (κ3) is 2.76. The van der Waals surface area contributed by atoms with E-state index in [-0.39, 0.29) is 17.9 Å². The average molecular weight is 289 g/mol. The van der Waals surface area contributed by atoms with Crippen LogP contribution in [0.25, 0.3) is 0 Å². The van der Waals surface area contributed by atoms with Crippen LogP contribution in [0.1, 0.15) is 27.2 Å². The van der Waals surface area contributed by atoms with Crippen LogP contribution in [0, 0.1) is 11.3 Å². The molecule has 0 spiro atoms. The van der Waals surface area contributed by atoms with Gasteiger partial charge in [-0.15, -0.1) is 0 Å². The zero-order chi connectivity index (χ0) is 12.7. The molecule has 6 heteroatoms. The molecule has 3 atom stereocenters. The summed E-state index contributed by atoms with van der Waals surface area (Å²) in [6.45, 7) is 5.18. The molecule has 1 aliphatic heterocycles. The van der Waals surface area contributed by atoms with Crippen LogP contribution in [-0.2, 0) is 4.79 Å². The molecule has 3 nitrogen and oxygen atoms in total. The molecule has 1 saturated heterocycles. The fourth-order valence-corrected chi connectivity index (χ4v) is 2.04. The van der Waals surface area contributed by atoms with Gasteiger partial charge in [-0.2, -0.15) is 0 Å². The van der Waals surface area contributed by atoms with Gasteiger partial charge in [-0.3, -0.25) is 4.79 Å². The molecule has 0 radical (unpaired) electrons. The number of amides is 1. The number of aliphatic hydroxyl groups excluding tert-OH is 1. The number of carbonyl (C=O) groups excluding carboxylic acids is 1. The van der Waals surface area contributed by atoms with E-state index in [0.29, 0.717) is 6.42 Å². The maximum atomic E-state index is 11.6. The van der Waals surface area contributed by atoms with Gasteiger partial charge in [0.15, 0.2) is 3.79 Å². The van der Waals surface area contributed by atoms with Gasteiger partial charge in [0.1, 0.15) is 0 Å². The van der Waals surface area contributed by atoms with Gasteiger partial charge in [0.05, 0.1) is 17.6 Å². The minimum Gasteiger partial charge on any atom is -0.390 e. The summed E-state index contributed by atoms with van der Waals surface area (Å²) in [5.74, 6) is -0.409. The topological polar surface area (TPSA) is 49.3 Å². The Morgan fingerprint density at radius 1 is 1.50 bits per heavy atom. The van der Waals surface area contributed by atoms with Gasteiger partial charge in [0.25, 0.3) is 0 Å². The van der Waals surface area contributed by atoms with Gasteiger partial charge in [0, 0.05) is 5.92 Å². The second kappa shape index (κ2) is 4.52. The smallest absolute Gasteiger partial charge is 0.228 e. The van der Waals surface area contributed by atoms with E-state index in [0.717, 1.165) is 0 Å². The average Bonchev–Trinajstić information content (AvgIpc) is 2.29. The highest BCUT2D eigenvalue weighted by molar-refractivity contribution is 6.67. The SMILES string of the molecule is CC(CC1NC(=O)C(C)(C)C1O)C(Cl)(Cl)Cl. The van der Waals surface area contributed by atoms with E-state index in [2.05, 4.69) is 5.32 Å². The molecule has 0 bridgehead atoms. The predicted molar refractivity (Wildman–Crippen MR) is 65.8 cm³/mol. The Morgan fingerprint density at radius 2 is 2.00 bits per heavy atom. The number of hydrogen-bond acceptors (Lipinski definition) is 2. The second-order valence-electron chi connectivity index (χ2n) is 4.92. The summed E-state index contributed by atoms with van der Waals surface area (Å²) in [6, 6.07) is -0.354. The monoisotopic (exact) mass is 287 g/mol. The van der Waals surface area contributed by atoms with Crippen LogP contribution in [0.2, 0.25) is 0 Å². The first-order valence-corrected chi connectivity index (χ1v) is 6.26. The lowest BCUT2D eigenvalue weighted by molar-refractivity contribution is -0.128. The van der Waals surface area contributed by atoms with Crippen molar-refractivity contribution in [1.82, 2.24) is 5.32 Å². The van der Waals surface area contributed by atoms with E-state index in [1.807, 2.05) is 0 Å². The maximum Gasteiger partial charge on any atom is 0.228 e. The van der Waals surface area contributed by atoms with Crippen molar-refractivity contribution in [2.45, 2.75) is 43.1 Å². The molecule has 0 aromatic heterocycles. The van der Waals surface area contributed by atoms with Crippen molar-refractivity contribution < 1.29 is 9.90 Å².